The number of rotatable bonds is 14. The molecule has 0 unspecified atom stereocenters. The smallest absolute Gasteiger partial charge is 0.264 e. The van der Waals surface area contributed by atoms with E-state index in [2.05, 4.69) is 5.32 Å². The summed E-state index contributed by atoms with van der Waals surface area (Å²) in [4.78, 5) is 28.7. The van der Waals surface area contributed by atoms with Gasteiger partial charge in [0.2, 0.25) is 11.8 Å². The molecule has 2 amide bonds. The molecule has 42 heavy (non-hydrogen) atoms. The second-order valence-corrected chi connectivity index (χ2v) is 12.1. The van der Waals surface area contributed by atoms with E-state index in [-0.39, 0.29) is 29.1 Å². The van der Waals surface area contributed by atoms with Gasteiger partial charge in [0.15, 0.2) is 0 Å². The molecule has 3 rings (SSSR count). The highest BCUT2D eigenvalue weighted by atomic mass is 35.5. The number of sulfonamides is 1. The van der Waals surface area contributed by atoms with Crippen molar-refractivity contribution < 1.29 is 27.1 Å². The average molecular weight is 618 g/mol. The SMILES string of the molecule is CCOc1ccc(S(=O)(=O)N(CC(=O)N(Cc2ccc(Cl)cc2)[C@H](CC)C(=O)N[C@@H](C)CC)c2ccc(F)cc2)cc1. The van der Waals surface area contributed by atoms with Gasteiger partial charge < -0.3 is 15.0 Å². The maximum atomic E-state index is 14.1. The maximum absolute atomic E-state index is 14.1. The molecule has 0 saturated heterocycles. The zero-order valence-corrected chi connectivity index (χ0v) is 25.8. The highest BCUT2D eigenvalue weighted by Gasteiger charge is 2.34. The normalized spacial score (nSPS) is 12.7. The lowest BCUT2D eigenvalue weighted by Crippen LogP contribution is -2.53. The number of ether oxygens (including phenoxy) is 1. The summed E-state index contributed by atoms with van der Waals surface area (Å²) in [6.45, 7) is 7.25. The molecule has 1 N–H and O–H groups in total. The molecule has 0 saturated carbocycles. The number of hydrogen-bond donors (Lipinski definition) is 1. The minimum atomic E-state index is -4.29. The van der Waals surface area contributed by atoms with E-state index in [0.717, 1.165) is 16.4 Å². The Bertz CT molecular complexity index is 1430. The maximum Gasteiger partial charge on any atom is 0.264 e. The van der Waals surface area contributed by atoms with Crippen LogP contribution in [-0.4, -0.2) is 50.4 Å². The summed E-state index contributed by atoms with van der Waals surface area (Å²) in [5, 5.41) is 3.45. The number of amides is 2. The summed E-state index contributed by atoms with van der Waals surface area (Å²) in [5.74, 6) is -1.000. The van der Waals surface area contributed by atoms with Crippen LogP contribution in [0.15, 0.2) is 77.7 Å². The van der Waals surface area contributed by atoms with Crippen LogP contribution in [0.2, 0.25) is 5.02 Å². The van der Waals surface area contributed by atoms with Crippen molar-refractivity contribution in [3.8, 4) is 5.75 Å². The number of anilines is 1. The Morgan fingerprint density at radius 3 is 2.10 bits per heavy atom. The van der Waals surface area contributed by atoms with Crippen LogP contribution in [0.3, 0.4) is 0 Å². The van der Waals surface area contributed by atoms with Crippen LogP contribution < -0.4 is 14.4 Å². The molecule has 3 aromatic carbocycles. The lowest BCUT2D eigenvalue weighted by molar-refractivity contribution is -0.140. The fraction of sp³-hybridized carbons (Fsp3) is 0.355. The van der Waals surface area contributed by atoms with Crippen LogP contribution in [0, 0.1) is 5.82 Å². The van der Waals surface area contributed by atoms with Crippen LogP contribution >= 0.6 is 11.6 Å². The first kappa shape index (κ1) is 32.9. The van der Waals surface area contributed by atoms with Gasteiger partial charge >= 0.3 is 0 Å². The predicted molar refractivity (Wildman–Crippen MR) is 163 cm³/mol. The van der Waals surface area contributed by atoms with E-state index in [4.69, 9.17) is 16.3 Å². The first-order valence-corrected chi connectivity index (χ1v) is 15.7. The number of carbonyl (C=O) groups is 2. The standard InChI is InChI=1S/C31H37ClFN3O5S/c1-5-22(4)34-31(38)29(6-2)35(20-23-8-10-24(32)11-9-23)30(37)21-36(26-14-12-25(33)13-15-26)42(39,40)28-18-16-27(17-19-28)41-7-3/h8-19,22,29H,5-7,20-21H2,1-4H3,(H,34,38)/t22-,29+/m0/s1. The van der Waals surface area contributed by atoms with E-state index in [9.17, 15) is 22.4 Å². The number of carbonyl (C=O) groups excluding carboxylic acids is 2. The topological polar surface area (TPSA) is 96.0 Å². The number of nitrogens with one attached hydrogen (secondary N) is 1. The Hall–Kier alpha value is -3.63. The Balaban J connectivity index is 2.04. The van der Waals surface area contributed by atoms with E-state index >= 15 is 0 Å². The van der Waals surface area contributed by atoms with Gasteiger partial charge in [-0.1, -0.05) is 37.6 Å². The van der Waals surface area contributed by atoms with Crippen molar-refractivity contribution in [3.63, 3.8) is 0 Å². The summed E-state index contributed by atoms with van der Waals surface area (Å²) in [6.07, 6.45) is 0.996. The van der Waals surface area contributed by atoms with Gasteiger partial charge in [-0.05, 0) is 92.9 Å². The quantitative estimate of drug-likeness (QED) is 0.247. The van der Waals surface area contributed by atoms with Gasteiger partial charge in [-0.25, -0.2) is 12.8 Å². The van der Waals surface area contributed by atoms with E-state index in [1.807, 2.05) is 20.8 Å². The molecule has 0 heterocycles. The first-order valence-electron chi connectivity index (χ1n) is 13.9. The zero-order valence-electron chi connectivity index (χ0n) is 24.2. The third-order valence-corrected chi connectivity index (χ3v) is 8.81. The van der Waals surface area contributed by atoms with Gasteiger partial charge in [0.05, 0.1) is 17.2 Å². The Labute approximate surface area is 252 Å². The molecule has 11 heteroatoms. The second-order valence-electron chi connectivity index (χ2n) is 9.78. The van der Waals surface area contributed by atoms with Crippen molar-refractivity contribution in [1.82, 2.24) is 10.2 Å². The minimum Gasteiger partial charge on any atom is -0.494 e. The molecular formula is C31H37ClFN3O5S. The summed E-state index contributed by atoms with van der Waals surface area (Å²) >= 11 is 6.06. The number of halogens is 2. The molecule has 226 valence electrons. The molecular weight excluding hydrogens is 581 g/mol. The van der Waals surface area contributed by atoms with Crippen LogP contribution in [0.1, 0.15) is 46.1 Å². The van der Waals surface area contributed by atoms with Crippen LogP contribution in [0.4, 0.5) is 10.1 Å². The molecule has 0 spiro atoms. The Morgan fingerprint density at radius 1 is 0.929 bits per heavy atom. The van der Waals surface area contributed by atoms with E-state index in [1.54, 1.807) is 31.2 Å². The van der Waals surface area contributed by atoms with E-state index in [1.165, 1.54) is 41.3 Å². The molecule has 3 aromatic rings. The fourth-order valence-corrected chi connectivity index (χ4v) is 5.83. The minimum absolute atomic E-state index is 0.0444. The first-order chi connectivity index (χ1) is 20.0. The Morgan fingerprint density at radius 2 is 1.55 bits per heavy atom. The van der Waals surface area contributed by atoms with Gasteiger partial charge in [0.1, 0.15) is 24.2 Å². The Kier molecular flexibility index (Phi) is 11.8. The lowest BCUT2D eigenvalue weighted by Gasteiger charge is -2.33. The highest BCUT2D eigenvalue weighted by molar-refractivity contribution is 7.92. The lowest BCUT2D eigenvalue weighted by atomic mass is 10.1. The van der Waals surface area contributed by atoms with Gasteiger partial charge in [-0.2, -0.15) is 0 Å². The summed E-state index contributed by atoms with van der Waals surface area (Å²) in [6, 6.07) is 16.6. The molecule has 0 aromatic heterocycles. The van der Waals surface area contributed by atoms with Crippen molar-refractivity contribution in [3.05, 3.63) is 89.2 Å². The molecule has 0 aliphatic rings. The molecule has 8 nitrogen and oxygen atoms in total. The molecule has 0 aliphatic carbocycles. The van der Waals surface area contributed by atoms with Crippen molar-refractivity contribution in [2.24, 2.45) is 0 Å². The third-order valence-electron chi connectivity index (χ3n) is 6.77. The largest absolute Gasteiger partial charge is 0.494 e. The van der Waals surface area contributed by atoms with Gasteiger partial charge in [-0.3, -0.25) is 13.9 Å². The van der Waals surface area contributed by atoms with E-state index < -0.39 is 34.3 Å². The van der Waals surface area contributed by atoms with Crippen LogP contribution in [-0.2, 0) is 26.2 Å². The predicted octanol–water partition coefficient (Wildman–Crippen LogP) is 5.80. The monoisotopic (exact) mass is 617 g/mol. The summed E-state index contributed by atoms with van der Waals surface area (Å²) < 4.78 is 48.0. The van der Waals surface area contributed by atoms with Crippen LogP contribution in [0.25, 0.3) is 0 Å². The molecule has 2 atom stereocenters. The molecule has 0 radical (unpaired) electrons. The van der Waals surface area contributed by atoms with Crippen molar-refractivity contribution in [2.75, 3.05) is 17.5 Å². The van der Waals surface area contributed by atoms with Crippen LogP contribution in [0.5, 0.6) is 5.75 Å². The van der Waals surface area contributed by atoms with Crippen molar-refractivity contribution in [2.45, 2.75) is 64.1 Å². The summed E-state index contributed by atoms with van der Waals surface area (Å²) in [5.41, 5.74) is 0.812. The van der Waals surface area contributed by atoms with E-state index in [0.29, 0.717) is 35.8 Å². The number of benzene rings is 3. The molecule has 0 fully saturated rings. The number of hydrogen-bond acceptors (Lipinski definition) is 5. The van der Waals surface area contributed by atoms with Gasteiger partial charge in [0, 0.05) is 17.6 Å². The average Bonchev–Trinajstić information content (AvgIpc) is 2.97. The highest BCUT2D eigenvalue weighted by Crippen LogP contribution is 2.26. The second kappa shape index (κ2) is 15.0. The fourth-order valence-electron chi connectivity index (χ4n) is 4.28. The zero-order chi connectivity index (χ0) is 30.9. The number of nitrogens with zero attached hydrogens (tertiary/aromatic N) is 2. The van der Waals surface area contributed by atoms with Crippen molar-refractivity contribution >= 4 is 39.1 Å². The van der Waals surface area contributed by atoms with Gasteiger partial charge in [0.25, 0.3) is 10.0 Å². The molecule has 0 bridgehead atoms. The molecule has 0 aliphatic heterocycles. The summed E-state index contributed by atoms with van der Waals surface area (Å²) in [7, 11) is -4.29. The third kappa shape index (κ3) is 8.45. The van der Waals surface area contributed by atoms with Gasteiger partial charge in [-0.15, -0.1) is 0 Å². The van der Waals surface area contributed by atoms with Crippen molar-refractivity contribution in [1.29, 1.82) is 0 Å².